The Kier molecular flexibility index (Phi) is 5.52. The van der Waals surface area contributed by atoms with Crippen molar-refractivity contribution in [2.24, 2.45) is 11.8 Å². The van der Waals surface area contributed by atoms with E-state index in [1.807, 2.05) is 0 Å². The molecule has 0 saturated carbocycles. The van der Waals surface area contributed by atoms with Crippen LogP contribution in [0.15, 0.2) is 0 Å². The van der Waals surface area contributed by atoms with Gasteiger partial charge in [-0.2, -0.15) is 0 Å². The Hall–Kier alpha value is -0.690. The topological polar surface area (TPSA) is 96.2 Å². The quantitative estimate of drug-likeness (QED) is 0.599. The van der Waals surface area contributed by atoms with Crippen molar-refractivity contribution in [2.45, 2.75) is 51.8 Å². The van der Waals surface area contributed by atoms with Gasteiger partial charge in [0.05, 0.1) is 18.1 Å². The monoisotopic (exact) mass is 262 g/mol. The number of esters is 1. The lowest BCUT2D eigenvalue weighted by Crippen LogP contribution is -2.50. The second-order valence-corrected chi connectivity index (χ2v) is 5.04. The molecule has 1 rings (SSSR count). The van der Waals surface area contributed by atoms with Crippen LogP contribution in [0.5, 0.6) is 0 Å². The van der Waals surface area contributed by atoms with Gasteiger partial charge in [-0.05, 0) is 6.92 Å². The number of carbonyl (C=O) groups excluding carboxylic acids is 1. The summed E-state index contributed by atoms with van der Waals surface area (Å²) in [5.41, 5.74) is 0. The fourth-order valence-electron chi connectivity index (χ4n) is 1.94. The van der Waals surface area contributed by atoms with Crippen molar-refractivity contribution in [3.63, 3.8) is 0 Å². The molecule has 1 saturated heterocycles. The van der Waals surface area contributed by atoms with Crippen molar-refractivity contribution in [3.05, 3.63) is 0 Å². The van der Waals surface area contributed by atoms with E-state index in [4.69, 9.17) is 9.47 Å². The van der Waals surface area contributed by atoms with Crippen LogP contribution in [-0.4, -0.2) is 52.5 Å². The largest absolute Gasteiger partial charge is 0.463 e. The molecule has 6 heteroatoms. The summed E-state index contributed by atoms with van der Waals surface area (Å²) >= 11 is 0. The maximum Gasteiger partial charge on any atom is 0.308 e. The molecule has 5 atom stereocenters. The van der Waals surface area contributed by atoms with Crippen molar-refractivity contribution < 1.29 is 29.6 Å². The van der Waals surface area contributed by atoms with Crippen LogP contribution in [0.1, 0.15) is 27.2 Å². The van der Waals surface area contributed by atoms with Gasteiger partial charge >= 0.3 is 5.97 Å². The third-order valence-corrected chi connectivity index (χ3v) is 3.11. The van der Waals surface area contributed by atoms with Gasteiger partial charge in [0.15, 0.2) is 6.29 Å². The normalized spacial score (nSPS) is 34.4. The standard InChI is InChI=1S/C12H22O6/c1-6(2)12(16)17-5-9-11(15)8(7(3)13)4-10(14)18-9/h6-11,13-15H,4-5H2,1-3H3/t7?,8?,9?,10-,11-/m0/s1. The molecule has 0 spiro atoms. The Morgan fingerprint density at radius 1 is 1.39 bits per heavy atom. The van der Waals surface area contributed by atoms with Gasteiger partial charge in [0, 0.05) is 12.3 Å². The van der Waals surface area contributed by atoms with Crippen LogP contribution >= 0.6 is 0 Å². The molecule has 0 radical (unpaired) electrons. The van der Waals surface area contributed by atoms with E-state index in [9.17, 15) is 20.1 Å². The highest BCUT2D eigenvalue weighted by molar-refractivity contribution is 5.71. The van der Waals surface area contributed by atoms with E-state index in [1.54, 1.807) is 20.8 Å². The fraction of sp³-hybridized carbons (Fsp3) is 0.917. The smallest absolute Gasteiger partial charge is 0.308 e. The fourth-order valence-corrected chi connectivity index (χ4v) is 1.94. The van der Waals surface area contributed by atoms with Gasteiger partial charge in [-0.1, -0.05) is 13.8 Å². The molecular formula is C12H22O6. The molecule has 106 valence electrons. The minimum absolute atomic E-state index is 0.127. The first-order valence-electron chi connectivity index (χ1n) is 6.19. The van der Waals surface area contributed by atoms with Gasteiger partial charge in [-0.3, -0.25) is 4.79 Å². The lowest BCUT2D eigenvalue weighted by molar-refractivity contribution is -0.240. The Morgan fingerprint density at radius 3 is 2.50 bits per heavy atom. The maximum atomic E-state index is 11.3. The Morgan fingerprint density at radius 2 is 2.00 bits per heavy atom. The third-order valence-electron chi connectivity index (χ3n) is 3.11. The van der Waals surface area contributed by atoms with Gasteiger partial charge in [0.2, 0.25) is 0 Å². The summed E-state index contributed by atoms with van der Waals surface area (Å²) in [5, 5.41) is 29.0. The summed E-state index contributed by atoms with van der Waals surface area (Å²) in [6, 6.07) is 0. The first-order valence-corrected chi connectivity index (χ1v) is 6.19. The van der Waals surface area contributed by atoms with Crippen LogP contribution in [0.4, 0.5) is 0 Å². The first-order chi connectivity index (χ1) is 8.32. The van der Waals surface area contributed by atoms with E-state index >= 15 is 0 Å². The molecule has 0 amide bonds. The molecule has 18 heavy (non-hydrogen) atoms. The van der Waals surface area contributed by atoms with E-state index in [-0.39, 0.29) is 24.9 Å². The second-order valence-electron chi connectivity index (χ2n) is 5.04. The zero-order valence-electron chi connectivity index (χ0n) is 10.9. The summed E-state index contributed by atoms with van der Waals surface area (Å²) < 4.78 is 10.1. The molecule has 0 aromatic heterocycles. The van der Waals surface area contributed by atoms with Crippen molar-refractivity contribution in [2.75, 3.05) is 6.61 Å². The summed E-state index contributed by atoms with van der Waals surface area (Å²) in [6.07, 6.45) is -3.44. The minimum atomic E-state index is -1.06. The molecule has 3 unspecified atom stereocenters. The summed E-state index contributed by atoms with van der Waals surface area (Å²) in [6.45, 7) is 4.82. The highest BCUT2D eigenvalue weighted by Crippen LogP contribution is 2.27. The zero-order chi connectivity index (χ0) is 13.9. The van der Waals surface area contributed by atoms with Crippen molar-refractivity contribution in [3.8, 4) is 0 Å². The van der Waals surface area contributed by atoms with Crippen LogP contribution in [0.2, 0.25) is 0 Å². The van der Waals surface area contributed by atoms with E-state index in [2.05, 4.69) is 0 Å². The van der Waals surface area contributed by atoms with Crippen molar-refractivity contribution in [1.82, 2.24) is 0 Å². The minimum Gasteiger partial charge on any atom is -0.463 e. The van der Waals surface area contributed by atoms with Crippen LogP contribution < -0.4 is 0 Å². The zero-order valence-corrected chi connectivity index (χ0v) is 10.9. The Bertz CT molecular complexity index is 278. The number of hydrogen-bond donors (Lipinski definition) is 3. The summed E-state index contributed by atoms with van der Waals surface area (Å²) in [7, 11) is 0. The second kappa shape index (κ2) is 6.47. The van der Waals surface area contributed by atoms with E-state index < -0.39 is 30.5 Å². The van der Waals surface area contributed by atoms with Gasteiger partial charge in [0.25, 0.3) is 0 Å². The Labute approximate surface area is 107 Å². The van der Waals surface area contributed by atoms with Crippen LogP contribution in [-0.2, 0) is 14.3 Å². The molecule has 0 aromatic carbocycles. The molecule has 0 bridgehead atoms. The number of ether oxygens (including phenoxy) is 2. The van der Waals surface area contributed by atoms with E-state index in [1.165, 1.54) is 0 Å². The number of aliphatic hydroxyl groups excluding tert-OH is 3. The Balaban J connectivity index is 2.55. The van der Waals surface area contributed by atoms with Crippen molar-refractivity contribution in [1.29, 1.82) is 0 Å². The lowest BCUT2D eigenvalue weighted by atomic mass is 9.87. The molecule has 3 N–H and O–H groups in total. The molecular weight excluding hydrogens is 240 g/mol. The van der Waals surface area contributed by atoms with Crippen LogP contribution in [0.25, 0.3) is 0 Å². The highest BCUT2D eigenvalue weighted by Gasteiger charge is 2.39. The summed E-state index contributed by atoms with van der Waals surface area (Å²) in [5.74, 6) is -1.14. The van der Waals surface area contributed by atoms with E-state index in [0.717, 1.165) is 0 Å². The highest BCUT2D eigenvalue weighted by atomic mass is 16.6. The average Bonchev–Trinajstić information content (AvgIpc) is 2.28. The number of hydrogen-bond acceptors (Lipinski definition) is 6. The van der Waals surface area contributed by atoms with E-state index in [0.29, 0.717) is 0 Å². The molecule has 1 fully saturated rings. The molecule has 6 nitrogen and oxygen atoms in total. The number of aliphatic hydroxyl groups is 3. The molecule has 1 heterocycles. The van der Waals surface area contributed by atoms with Crippen LogP contribution in [0, 0.1) is 11.8 Å². The van der Waals surface area contributed by atoms with Crippen LogP contribution in [0.3, 0.4) is 0 Å². The maximum absolute atomic E-state index is 11.3. The SMILES string of the molecule is CC(C)C(=O)OCC1O[C@H](O)CC(C(C)O)[C@@H]1O. The molecule has 1 aliphatic rings. The van der Waals surface area contributed by atoms with Gasteiger partial charge in [-0.15, -0.1) is 0 Å². The first kappa shape index (κ1) is 15.4. The van der Waals surface area contributed by atoms with Gasteiger partial charge in [0.1, 0.15) is 12.7 Å². The molecule has 0 aliphatic carbocycles. The number of carbonyl (C=O) groups is 1. The van der Waals surface area contributed by atoms with Gasteiger partial charge < -0.3 is 24.8 Å². The molecule has 1 aliphatic heterocycles. The predicted octanol–water partition coefficient (Wildman–Crippen LogP) is -0.349. The predicted molar refractivity (Wildman–Crippen MR) is 62.5 cm³/mol. The number of rotatable bonds is 4. The summed E-state index contributed by atoms with van der Waals surface area (Å²) in [4.78, 5) is 11.3. The van der Waals surface area contributed by atoms with Crippen molar-refractivity contribution >= 4 is 5.97 Å². The third kappa shape index (κ3) is 3.91. The molecule has 0 aromatic rings. The average molecular weight is 262 g/mol. The lowest BCUT2D eigenvalue weighted by Gasteiger charge is -2.38. The van der Waals surface area contributed by atoms with Gasteiger partial charge in [-0.25, -0.2) is 0 Å².